The van der Waals surface area contributed by atoms with E-state index >= 15 is 0 Å². The van der Waals surface area contributed by atoms with Gasteiger partial charge in [0.1, 0.15) is 6.73 Å². The molecule has 1 amide bonds. The fourth-order valence-corrected chi connectivity index (χ4v) is 1.54. The highest BCUT2D eigenvalue weighted by Crippen LogP contribution is 2.06. The normalized spacial score (nSPS) is 15.9. The third-order valence-electron chi connectivity index (χ3n) is 2.56. The largest absolute Gasteiger partial charge is 0.359 e. The maximum Gasteiger partial charge on any atom is 0.248 e. The van der Waals surface area contributed by atoms with Gasteiger partial charge in [-0.25, -0.2) is 0 Å². The molecule has 0 bridgehead atoms. The lowest BCUT2D eigenvalue weighted by molar-refractivity contribution is -0.126. The molecule has 0 unspecified atom stereocenters. The molecule has 1 heterocycles. The van der Waals surface area contributed by atoms with Crippen molar-refractivity contribution >= 4 is 12.0 Å². The van der Waals surface area contributed by atoms with Crippen molar-refractivity contribution in [2.75, 3.05) is 19.9 Å². The predicted octanol–water partition coefficient (Wildman–Crippen LogP) is 1.82. The van der Waals surface area contributed by atoms with Crippen LogP contribution in [0.5, 0.6) is 0 Å². The van der Waals surface area contributed by atoms with Gasteiger partial charge in [0.05, 0.1) is 6.61 Å². The van der Waals surface area contributed by atoms with Gasteiger partial charge < -0.3 is 9.64 Å². The Morgan fingerprint density at radius 1 is 1.38 bits per heavy atom. The molecule has 0 N–H and O–H groups in total. The van der Waals surface area contributed by atoms with Crippen LogP contribution in [0.15, 0.2) is 30.3 Å². The number of rotatable bonds is 2. The third-order valence-corrected chi connectivity index (χ3v) is 2.56. The van der Waals surface area contributed by atoms with E-state index in [-0.39, 0.29) is 5.91 Å². The summed E-state index contributed by atoms with van der Waals surface area (Å²) in [5, 5.41) is 0. The van der Waals surface area contributed by atoms with Gasteiger partial charge in [0.15, 0.2) is 0 Å². The van der Waals surface area contributed by atoms with Crippen molar-refractivity contribution in [2.45, 2.75) is 6.92 Å². The minimum Gasteiger partial charge on any atom is -0.359 e. The summed E-state index contributed by atoms with van der Waals surface area (Å²) in [5.74, 6) is 0.0121. The zero-order valence-corrected chi connectivity index (χ0v) is 9.35. The minimum atomic E-state index is 0.0121. The van der Waals surface area contributed by atoms with Gasteiger partial charge in [0, 0.05) is 12.6 Å². The van der Waals surface area contributed by atoms with Gasteiger partial charge in [-0.2, -0.15) is 0 Å². The standard InChI is InChI=1S/C13H15NO2/c1-11-2-4-12(5-3-11)6-7-13(15)14-8-9-16-10-14/h2-7H,8-10H2,1H3. The van der Waals surface area contributed by atoms with Crippen LogP contribution in [0.1, 0.15) is 11.1 Å². The molecule has 3 heteroatoms. The van der Waals surface area contributed by atoms with Crippen molar-refractivity contribution in [1.29, 1.82) is 0 Å². The molecule has 1 aromatic carbocycles. The van der Waals surface area contributed by atoms with Crippen molar-refractivity contribution in [3.8, 4) is 0 Å². The average Bonchev–Trinajstić information content (AvgIpc) is 2.81. The van der Waals surface area contributed by atoms with Crippen molar-refractivity contribution in [3.63, 3.8) is 0 Å². The second kappa shape index (κ2) is 4.94. The van der Waals surface area contributed by atoms with E-state index in [2.05, 4.69) is 0 Å². The Morgan fingerprint density at radius 3 is 2.75 bits per heavy atom. The Morgan fingerprint density at radius 2 is 2.12 bits per heavy atom. The lowest BCUT2D eigenvalue weighted by atomic mass is 10.1. The minimum absolute atomic E-state index is 0.0121. The zero-order valence-electron chi connectivity index (χ0n) is 9.35. The summed E-state index contributed by atoms with van der Waals surface area (Å²) in [7, 11) is 0. The number of aryl methyl sites for hydroxylation is 1. The molecule has 1 fully saturated rings. The van der Waals surface area contributed by atoms with Gasteiger partial charge in [-0.1, -0.05) is 29.8 Å². The second-order valence-electron chi connectivity index (χ2n) is 3.88. The smallest absolute Gasteiger partial charge is 0.248 e. The summed E-state index contributed by atoms with van der Waals surface area (Å²) < 4.78 is 5.12. The second-order valence-corrected chi connectivity index (χ2v) is 3.88. The summed E-state index contributed by atoms with van der Waals surface area (Å²) >= 11 is 0. The van der Waals surface area contributed by atoms with Gasteiger partial charge >= 0.3 is 0 Å². The zero-order chi connectivity index (χ0) is 11.4. The van der Waals surface area contributed by atoms with Crippen LogP contribution in [0.25, 0.3) is 6.08 Å². The van der Waals surface area contributed by atoms with Crippen LogP contribution in [0.3, 0.4) is 0 Å². The van der Waals surface area contributed by atoms with E-state index in [0.29, 0.717) is 19.9 Å². The van der Waals surface area contributed by atoms with E-state index in [1.54, 1.807) is 11.0 Å². The van der Waals surface area contributed by atoms with E-state index in [4.69, 9.17) is 4.74 Å². The Hall–Kier alpha value is -1.61. The topological polar surface area (TPSA) is 29.5 Å². The molecular formula is C13H15NO2. The summed E-state index contributed by atoms with van der Waals surface area (Å²) in [6.45, 7) is 3.79. The summed E-state index contributed by atoms with van der Waals surface area (Å²) in [5.41, 5.74) is 2.26. The van der Waals surface area contributed by atoms with Gasteiger partial charge in [0.2, 0.25) is 5.91 Å². The molecule has 1 aliphatic rings. The van der Waals surface area contributed by atoms with Gasteiger partial charge in [-0.15, -0.1) is 0 Å². The first-order valence-corrected chi connectivity index (χ1v) is 5.37. The molecule has 16 heavy (non-hydrogen) atoms. The molecule has 0 radical (unpaired) electrons. The van der Waals surface area contributed by atoms with Crippen LogP contribution in [-0.2, 0) is 9.53 Å². The molecule has 1 saturated heterocycles. The molecule has 0 saturated carbocycles. The summed E-state index contributed by atoms with van der Waals surface area (Å²) in [6, 6.07) is 8.06. The maximum atomic E-state index is 11.6. The van der Waals surface area contributed by atoms with Crippen LogP contribution in [0, 0.1) is 6.92 Å². The van der Waals surface area contributed by atoms with Crippen LogP contribution in [-0.4, -0.2) is 30.7 Å². The van der Waals surface area contributed by atoms with Crippen LogP contribution in [0.4, 0.5) is 0 Å². The van der Waals surface area contributed by atoms with Crippen molar-refractivity contribution < 1.29 is 9.53 Å². The molecule has 0 aromatic heterocycles. The highest BCUT2D eigenvalue weighted by molar-refractivity contribution is 5.91. The number of nitrogens with zero attached hydrogens (tertiary/aromatic N) is 1. The molecular weight excluding hydrogens is 202 g/mol. The van der Waals surface area contributed by atoms with Crippen LogP contribution >= 0.6 is 0 Å². The Kier molecular flexibility index (Phi) is 3.37. The third kappa shape index (κ3) is 2.70. The Balaban J connectivity index is 1.97. The molecule has 1 aliphatic heterocycles. The van der Waals surface area contributed by atoms with Crippen molar-refractivity contribution in [2.24, 2.45) is 0 Å². The number of carbonyl (C=O) groups is 1. The van der Waals surface area contributed by atoms with Crippen LogP contribution < -0.4 is 0 Å². The van der Waals surface area contributed by atoms with E-state index in [1.807, 2.05) is 37.3 Å². The van der Waals surface area contributed by atoms with Gasteiger partial charge in [-0.3, -0.25) is 4.79 Å². The number of amides is 1. The highest BCUT2D eigenvalue weighted by atomic mass is 16.5. The lowest BCUT2D eigenvalue weighted by Gasteiger charge is -2.09. The van der Waals surface area contributed by atoms with E-state index in [1.165, 1.54) is 5.56 Å². The number of hydrogen-bond acceptors (Lipinski definition) is 2. The first-order chi connectivity index (χ1) is 7.75. The summed E-state index contributed by atoms with van der Waals surface area (Å²) in [6.07, 6.45) is 3.43. The molecule has 1 aromatic rings. The average molecular weight is 217 g/mol. The van der Waals surface area contributed by atoms with E-state index in [9.17, 15) is 4.79 Å². The molecule has 0 atom stereocenters. The van der Waals surface area contributed by atoms with E-state index < -0.39 is 0 Å². The summed E-state index contributed by atoms with van der Waals surface area (Å²) in [4.78, 5) is 13.3. The lowest BCUT2D eigenvalue weighted by Crippen LogP contribution is -2.26. The molecule has 2 rings (SSSR count). The number of benzene rings is 1. The fourth-order valence-electron chi connectivity index (χ4n) is 1.54. The molecule has 84 valence electrons. The Labute approximate surface area is 95.3 Å². The molecule has 0 aliphatic carbocycles. The predicted molar refractivity (Wildman–Crippen MR) is 62.7 cm³/mol. The SMILES string of the molecule is Cc1ccc(C=CC(=O)N2CCOC2)cc1. The quantitative estimate of drug-likeness (QED) is 0.707. The highest BCUT2D eigenvalue weighted by Gasteiger charge is 2.15. The van der Waals surface area contributed by atoms with Gasteiger partial charge in [0.25, 0.3) is 0 Å². The van der Waals surface area contributed by atoms with E-state index in [0.717, 1.165) is 5.56 Å². The maximum absolute atomic E-state index is 11.6. The molecule has 0 spiro atoms. The van der Waals surface area contributed by atoms with Crippen molar-refractivity contribution in [1.82, 2.24) is 4.90 Å². The first kappa shape index (κ1) is 10.9. The number of ether oxygens (including phenoxy) is 1. The first-order valence-electron chi connectivity index (χ1n) is 5.37. The molecule has 3 nitrogen and oxygen atoms in total. The Bertz CT molecular complexity index is 389. The monoisotopic (exact) mass is 217 g/mol. The number of hydrogen-bond donors (Lipinski definition) is 0. The number of carbonyl (C=O) groups excluding carboxylic acids is 1. The van der Waals surface area contributed by atoms with Gasteiger partial charge in [-0.05, 0) is 18.6 Å². The van der Waals surface area contributed by atoms with Crippen LogP contribution in [0.2, 0.25) is 0 Å². The fraction of sp³-hybridized carbons (Fsp3) is 0.308. The van der Waals surface area contributed by atoms with Crippen molar-refractivity contribution in [3.05, 3.63) is 41.5 Å².